The highest BCUT2D eigenvalue weighted by Gasteiger charge is 2.37. The van der Waals surface area contributed by atoms with Crippen molar-refractivity contribution in [1.82, 2.24) is 10.6 Å². The lowest BCUT2D eigenvalue weighted by molar-refractivity contribution is 0.175. The van der Waals surface area contributed by atoms with Crippen molar-refractivity contribution in [3.63, 3.8) is 0 Å². The van der Waals surface area contributed by atoms with Gasteiger partial charge in [-0.25, -0.2) is 14.0 Å². The molecule has 0 spiro atoms. The van der Waals surface area contributed by atoms with Gasteiger partial charge in [-0.05, 0) is 74.8 Å². The van der Waals surface area contributed by atoms with E-state index in [-0.39, 0.29) is 24.3 Å². The molecule has 194 valence electrons. The molecule has 2 amide bonds. The van der Waals surface area contributed by atoms with Crippen molar-refractivity contribution in [2.24, 2.45) is 5.73 Å². The number of benzene rings is 2. The van der Waals surface area contributed by atoms with Crippen LogP contribution in [-0.4, -0.2) is 64.1 Å². The smallest absolute Gasteiger partial charge is 0.419 e. The molecule has 0 radical (unpaired) electrons. The second kappa shape index (κ2) is 11.7. The van der Waals surface area contributed by atoms with Crippen LogP contribution < -0.4 is 30.9 Å². The summed E-state index contributed by atoms with van der Waals surface area (Å²) in [5.41, 5.74) is 8.18. The molecule has 2 heterocycles. The average molecular weight is 500 g/mol. The number of fused-ring (bicyclic) bond motifs is 1. The zero-order chi connectivity index (χ0) is 25.7. The molecule has 0 aromatic heterocycles. The molecular weight excluding hydrogens is 465 g/mol. The summed E-state index contributed by atoms with van der Waals surface area (Å²) < 4.78 is 23.8. The standard InChI is InChI=1S/C26H34FN5O4/c1-17-16-31(25(33)36-22-6-4-20(27)5-7-22)24-13-18(3-8-23(24)32(17)26(34)35-2)19(14-28)15-30-21-9-11-29-12-10-21/h3-8,13,17,19,21,29-30H,9-12,14-16,28H2,1-2H3/t17-,19?/m0/s1. The number of amides is 2. The molecule has 2 aliphatic rings. The van der Waals surface area contributed by atoms with E-state index < -0.39 is 18.0 Å². The van der Waals surface area contributed by atoms with Gasteiger partial charge in [0.25, 0.3) is 0 Å². The highest BCUT2D eigenvalue weighted by atomic mass is 19.1. The lowest BCUT2D eigenvalue weighted by atomic mass is 9.95. The number of halogens is 1. The van der Waals surface area contributed by atoms with Crippen LogP contribution >= 0.6 is 0 Å². The summed E-state index contributed by atoms with van der Waals surface area (Å²) in [5, 5.41) is 6.99. The Bertz CT molecular complexity index is 1060. The van der Waals surface area contributed by atoms with E-state index in [9.17, 15) is 14.0 Å². The number of anilines is 2. The van der Waals surface area contributed by atoms with Gasteiger partial charge in [0.05, 0.1) is 31.1 Å². The number of hydrogen-bond acceptors (Lipinski definition) is 7. The molecule has 0 saturated carbocycles. The fraction of sp³-hybridized carbons (Fsp3) is 0.462. The highest BCUT2D eigenvalue weighted by molar-refractivity contribution is 6.01. The number of rotatable bonds is 6. The van der Waals surface area contributed by atoms with Gasteiger partial charge in [-0.2, -0.15) is 0 Å². The Kier molecular flexibility index (Phi) is 8.40. The van der Waals surface area contributed by atoms with Gasteiger partial charge in [-0.3, -0.25) is 9.80 Å². The summed E-state index contributed by atoms with van der Waals surface area (Å²) in [5.74, 6) is -0.171. The van der Waals surface area contributed by atoms with Gasteiger partial charge in [-0.15, -0.1) is 0 Å². The van der Waals surface area contributed by atoms with E-state index in [0.717, 1.165) is 31.5 Å². The van der Waals surface area contributed by atoms with E-state index >= 15 is 0 Å². The molecule has 4 N–H and O–H groups in total. The Balaban J connectivity index is 1.62. The number of hydrogen-bond donors (Lipinski definition) is 3. The molecule has 2 aliphatic heterocycles. The first kappa shape index (κ1) is 25.9. The average Bonchev–Trinajstić information content (AvgIpc) is 2.90. The monoisotopic (exact) mass is 499 g/mol. The zero-order valence-corrected chi connectivity index (χ0v) is 20.7. The third-order valence-electron chi connectivity index (χ3n) is 6.80. The third-order valence-corrected chi connectivity index (χ3v) is 6.80. The molecule has 0 aliphatic carbocycles. The second-order valence-electron chi connectivity index (χ2n) is 9.23. The number of nitrogens with one attached hydrogen (secondary N) is 2. The molecule has 1 fully saturated rings. The molecule has 10 heteroatoms. The predicted octanol–water partition coefficient (Wildman–Crippen LogP) is 3.19. The molecule has 2 atom stereocenters. The number of methoxy groups -OCH3 is 1. The SMILES string of the molecule is COC(=O)N1c2ccc(C(CN)CNC3CCNCC3)cc2N(C(=O)Oc2ccc(F)cc2)C[C@@H]1C. The van der Waals surface area contributed by atoms with Crippen molar-refractivity contribution in [2.75, 3.05) is 49.6 Å². The van der Waals surface area contributed by atoms with Crippen molar-refractivity contribution in [3.8, 4) is 5.75 Å². The van der Waals surface area contributed by atoms with Crippen LogP contribution in [0, 0.1) is 5.82 Å². The maximum atomic E-state index is 13.3. The molecular formula is C26H34FN5O4. The van der Waals surface area contributed by atoms with Gasteiger partial charge in [0.2, 0.25) is 0 Å². The van der Waals surface area contributed by atoms with Crippen LogP contribution in [0.15, 0.2) is 42.5 Å². The maximum Gasteiger partial charge on any atom is 0.419 e. The Morgan fingerprint density at radius 2 is 1.86 bits per heavy atom. The number of nitrogens with zero attached hydrogens (tertiary/aromatic N) is 2. The fourth-order valence-corrected chi connectivity index (χ4v) is 4.78. The number of carbonyl (C=O) groups excluding carboxylic acids is 2. The van der Waals surface area contributed by atoms with Gasteiger partial charge in [0.15, 0.2) is 0 Å². The van der Waals surface area contributed by atoms with Gasteiger partial charge >= 0.3 is 12.2 Å². The fourth-order valence-electron chi connectivity index (χ4n) is 4.78. The second-order valence-corrected chi connectivity index (χ2v) is 9.23. The van der Waals surface area contributed by atoms with E-state index in [4.69, 9.17) is 15.2 Å². The quantitative estimate of drug-likeness (QED) is 0.560. The van der Waals surface area contributed by atoms with Crippen LogP contribution in [0.25, 0.3) is 0 Å². The largest absolute Gasteiger partial charge is 0.452 e. The summed E-state index contributed by atoms with van der Waals surface area (Å²) in [6.07, 6.45) is 1.01. The first-order valence-electron chi connectivity index (χ1n) is 12.3. The Morgan fingerprint density at radius 1 is 1.14 bits per heavy atom. The summed E-state index contributed by atoms with van der Waals surface area (Å²) in [4.78, 5) is 28.8. The normalized spacial score (nSPS) is 18.9. The van der Waals surface area contributed by atoms with E-state index in [0.29, 0.717) is 30.5 Å². The van der Waals surface area contributed by atoms with Crippen molar-refractivity contribution in [1.29, 1.82) is 0 Å². The van der Waals surface area contributed by atoms with Crippen LogP contribution in [0.2, 0.25) is 0 Å². The van der Waals surface area contributed by atoms with Crippen LogP contribution in [0.4, 0.5) is 25.4 Å². The third kappa shape index (κ3) is 5.77. The van der Waals surface area contributed by atoms with Gasteiger partial charge < -0.3 is 25.8 Å². The first-order chi connectivity index (χ1) is 17.4. The number of carbonyl (C=O) groups is 2. The molecule has 2 aromatic rings. The number of ether oxygens (including phenoxy) is 2. The minimum Gasteiger partial charge on any atom is -0.452 e. The molecule has 0 bridgehead atoms. The topological polar surface area (TPSA) is 109 Å². The molecule has 36 heavy (non-hydrogen) atoms. The van der Waals surface area contributed by atoms with Gasteiger partial charge in [0.1, 0.15) is 11.6 Å². The van der Waals surface area contributed by atoms with Crippen LogP contribution in [0.1, 0.15) is 31.2 Å². The summed E-state index contributed by atoms with van der Waals surface area (Å²) in [6, 6.07) is 11.0. The molecule has 9 nitrogen and oxygen atoms in total. The van der Waals surface area contributed by atoms with E-state index in [1.807, 2.05) is 25.1 Å². The lowest BCUT2D eigenvalue weighted by Crippen LogP contribution is -2.52. The van der Waals surface area contributed by atoms with Crippen LogP contribution in [-0.2, 0) is 4.74 Å². The summed E-state index contributed by atoms with van der Waals surface area (Å²) in [6.45, 7) is 5.15. The van der Waals surface area contributed by atoms with Crippen molar-refractivity contribution in [3.05, 3.63) is 53.8 Å². The van der Waals surface area contributed by atoms with Gasteiger partial charge in [-0.1, -0.05) is 6.07 Å². The molecule has 4 rings (SSSR count). The van der Waals surface area contributed by atoms with Gasteiger partial charge in [0, 0.05) is 25.0 Å². The molecule has 1 saturated heterocycles. The van der Waals surface area contributed by atoms with Crippen LogP contribution in [0.3, 0.4) is 0 Å². The Labute approximate surface area is 210 Å². The molecule has 2 aromatic carbocycles. The zero-order valence-electron chi connectivity index (χ0n) is 20.7. The predicted molar refractivity (Wildman–Crippen MR) is 136 cm³/mol. The lowest BCUT2D eigenvalue weighted by Gasteiger charge is -2.40. The highest BCUT2D eigenvalue weighted by Crippen LogP contribution is 2.38. The maximum absolute atomic E-state index is 13.3. The summed E-state index contributed by atoms with van der Waals surface area (Å²) in [7, 11) is 1.33. The van der Waals surface area contributed by atoms with Crippen molar-refractivity contribution < 1.29 is 23.5 Å². The van der Waals surface area contributed by atoms with Crippen LogP contribution in [0.5, 0.6) is 5.75 Å². The van der Waals surface area contributed by atoms with Crippen molar-refractivity contribution >= 4 is 23.6 Å². The molecule has 1 unspecified atom stereocenters. The Morgan fingerprint density at radius 3 is 2.53 bits per heavy atom. The first-order valence-corrected chi connectivity index (χ1v) is 12.3. The Hall–Kier alpha value is -3.21. The van der Waals surface area contributed by atoms with E-state index in [2.05, 4.69) is 10.6 Å². The minimum absolute atomic E-state index is 0.0195. The van der Waals surface area contributed by atoms with E-state index in [1.165, 1.54) is 41.2 Å². The van der Waals surface area contributed by atoms with E-state index in [1.54, 1.807) is 0 Å². The summed E-state index contributed by atoms with van der Waals surface area (Å²) >= 11 is 0. The van der Waals surface area contributed by atoms with Crippen molar-refractivity contribution in [2.45, 2.75) is 37.8 Å². The number of piperidine rings is 1. The minimum atomic E-state index is -0.617. The number of nitrogens with two attached hydrogens (primary N) is 1.